The van der Waals surface area contributed by atoms with Crippen LogP contribution in [0.2, 0.25) is 0 Å². The first-order chi connectivity index (χ1) is 19.9. The van der Waals surface area contributed by atoms with Crippen molar-refractivity contribution in [3.63, 3.8) is 0 Å². The molecule has 2 heterocycles. The Balaban J connectivity index is 1.75. The Labute approximate surface area is 241 Å². The molecule has 2 aliphatic rings. The van der Waals surface area contributed by atoms with Gasteiger partial charge in [-0.15, -0.1) is 0 Å². The first kappa shape index (κ1) is 29.6. The van der Waals surface area contributed by atoms with E-state index in [1.807, 2.05) is 86.6 Å². The van der Waals surface area contributed by atoms with Gasteiger partial charge in [0.1, 0.15) is 17.8 Å². The summed E-state index contributed by atoms with van der Waals surface area (Å²) in [6, 6.07) is 23.7. The van der Waals surface area contributed by atoms with Crippen LogP contribution in [0.25, 0.3) is 6.08 Å². The molecular formula is C33H38N4O4. The quantitative estimate of drug-likeness (QED) is 0.339. The second kappa shape index (κ2) is 14.3. The number of benzene rings is 3. The van der Waals surface area contributed by atoms with Crippen molar-refractivity contribution >= 4 is 23.8 Å². The monoisotopic (exact) mass is 554 g/mol. The van der Waals surface area contributed by atoms with Crippen molar-refractivity contribution in [1.29, 1.82) is 0 Å². The third-order valence-electron chi connectivity index (χ3n) is 7.40. The molecule has 0 radical (unpaired) electrons. The first-order valence-electron chi connectivity index (χ1n) is 14.0. The molecule has 2 aliphatic heterocycles. The van der Waals surface area contributed by atoms with E-state index >= 15 is 0 Å². The van der Waals surface area contributed by atoms with Crippen LogP contribution in [-0.2, 0) is 20.8 Å². The molecule has 0 aromatic heterocycles. The summed E-state index contributed by atoms with van der Waals surface area (Å²) in [5, 5.41) is 11.8. The van der Waals surface area contributed by atoms with E-state index in [1.54, 1.807) is 31.5 Å². The van der Waals surface area contributed by atoms with Crippen molar-refractivity contribution in [3.05, 3.63) is 108 Å². The predicted octanol–water partition coefficient (Wildman–Crippen LogP) is 3.75. The summed E-state index contributed by atoms with van der Waals surface area (Å²) < 4.78 is 6.44. The molecular weight excluding hydrogens is 516 g/mol. The van der Waals surface area contributed by atoms with Crippen molar-refractivity contribution in [2.75, 3.05) is 7.05 Å². The number of rotatable bonds is 8. The topological polar surface area (TPSA) is 109 Å². The second-order valence-corrected chi connectivity index (χ2v) is 10.2. The zero-order valence-corrected chi connectivity index (χ0v) is 23.7. The van der Waals surface area contributed by atoms with Gasteiger partial charge in [0.2, 0.25) is 17.7 Å². The second-order valence-electron chi connectivity index (χ2n) is 10.2. The average Bonchev–Trinajstić information content (AvgIpc) is 3.01. The number of ether oxygens (including phenoxy) is 1. The molecule has 2 bridgehead atoms. The number of hydrogen-bond acceptors (Lipinski definition) is 5. The molecule has 5 atom stereocenters. The summed E-state index contributed by atoms with van der Waals surface area (Å²) >= 11 is 0. The summed E-state index contributed by atoms with van der Waals surface area (Å²) in [6.07, 6.45) is 3.57. The van der Waals surface area contributed by atoms with Gasteiger partial charge in [-0.3, -0.25) is 14.4 Å². The Morgan fingerprint density at radius 1 is 0.927 bits per heavy atom. The maximum Gasteiger partial charge on any atom is 0.247 e. The smallest absolute Gasteiger partial charge is 0.247 e. The molecule has 214 valence electrons. The third-order valence-corrected chi connectivity index (χ3v) is 7.40. The predicted molar refractivity (Wildman–Crippen MR) is 160 cm³/mol. The Morgan fingerprint density at radius 2 is 1.59 bits per heavy atom. The van der Waals surface area contributed by atoms with Gasteiger partial charge in [0.15, 0.2) is 6.10 Å². The molecule has 41 heavy (non-hydrogen) atoms. The van der Waals surface area contributed by atoms with Crippen molar-refractivity contribution in [2.24, 2.45) is 5.92 Å². The van der Waals surface area contributed by atoms with E-state index in [4.69, 9.17) is 4.74 Å². The normalized spacial score (nSPS) is 20.6. The van der Waals surface area contributed by atoms with Gasteiger partial charge in [0.05, 0.1) is 6.04 Å². The van der Waals surface area contributed by atoms with Crippen molar-refractivity contribution in [2.45, 2.75) is 50.9 Å². The molecule has 3 aromatic carbocycles. The maximum atomic E-state index is 14.1. The van der Waals surface area contributed by atoms with E-state index in [0.29, 0.717) is 24.2 Å². The Morgan fingerprint density at radius 3 is 2.22 bits per heavy atom. The van der Waals surface area contributed by atoms with Gasteiger partial charge >= 0.3 is 0 Å². The highest BCUT2D eigenvalue weighted by molar-refractivity contribution is 5.94. The van der Waals surface area contributed by atoms with E-state index in [2.05, 4.69) is 21.3 Å². The van der Waals surface area contributed by atoms with Crippen LogP contribution in [0.5, 0.6) is 5.75 Å². The fraction of sp³-hybridized carbons (Fsp3) is 0.303. The lowest BCUT2D eigenvalue weighted by atomic mass is 9.95. The van der Waals surface area contributed by atoms with Crippen molar-refractivity contribution < 1.29 is 19.1 Å². The molecule has 8 nitrogen and oxygen atoms in total. The number of amides is 3. The Kier molecular flexibility index (Phi) is 10.3. The lowest BCUT2D eigenvalue weighted by Gasteiger charge is -2.32. The fourth-order valence-corrected chi connectivity index (χ4v) is 4.74. The van der Waals surface area contributed by atoms with Crippen LogP contribution in [0.3, 0.4) is 0 Å². The molecule has 3 aromatic rings. The molecule has 0 aliphatic carbocycles. The highest BCUT2D eigenvalue weighted by Crippen LogP contribution is 2.27. The maximum absolute atomic E-state index is 14.1. The number of fused-ring (bicyclic) bond motifs is 10. The van der Waals surface area contributed by atoms with Gasteiger partial charge in [-0.2, -0.15) is 0 Å². The molecule has 5 rings (SSSR count). The number of carbonyl (C=O) groups is 3. The minimum absolute atomic E-state index is 0.158. The largest absolute Gasteiger partial charge is 0.483 e. The number of hydrogen-bond donors (Lipinski definition) is 4. The SMILES string of the molecule is CC[C@H](C)[C@@H]1NC(=O)[C@H](NC(=O)[C@H](Cc2ccccc2)NC)[C@@H](c2ccccc2)Oc2ccc(cc2)C=CNC1=O. The summed E-state index contributed by atoms with van der Waals surface area (Å²) in [5.41, 5.74) is 2.56. The van der Waals surface area contributed by atoms with E-state index < -0.39 is 30.1 Å². The zero-order valence-electron chi connectivity index (χ0n) is 23.7. The standard InChI is InChI=1S/C33H38N4O4/c1-4-22(2)28-32(39)35-20-19-23-15-17-26(18-16-23)41-30(25-13-9-6-10-14-25)29(33(40)36-28)37-31(38)27(34-3)21-24-11-7-5-8-12-24/h5-20,22,27-30,34H,4,21H2,1-3H3,(H,35,39)(H,36,40)(H,37,38)/t22-,27-,28-,29+,30+/m0/s1. The van der Waals surface area contributed by atoms with Crippen LogP contribution in [0, 0.1) is 5.92 Å². The van der Waals surface area contributed by atoms with Gasteiger partial charge in [-0.1, -0.05) is 93.1 Å². The summed E-state index contributed by atoms with van der Waals surface area (Å²) in [7, 11) is 1.71. The third kappa shape index (κ3) is 7.83. The van der Waals surface area contributed by atoms with Gasteiger partial charge in [-0.25, -0.2) is 0 Å². The average molecular weight is 555 g/mol. The van der Waals surface area contributed by atoms with Crippen molar-refractivity contribution in [1.82, 2.24) is 21.3 Å². The van der Waals surface area contributed by atoms with Gasteiger partial charge < -0.3 is 26.0 Å². The van der Waals surface area contributed by atoms with Crippen molar-refractivity contribution in [3.8, 4) is 5.75 Å². The van der Waals surface area contributed by atoms with E-state index in [0.717, 1.165) is 11.1 Å². The minimum atomic E-state index is -1.14. The number of nitrogens with one attached hydrogen (secondary N) is 4. The molecule has 0 unspecified atom stereocenters. The number of likely N-dealkylation sites (N-methyl/N-ethyl adjacent to an activating group) is 1. The van der Waals surface area contributed by atoms with Gasteiger partial charge in [0, 0.05) is 6.20 Å². The first-order valence-corrected chi connectivity index (χ1v) is 14.0. The molecule has 0 fully saturated rings. The van der Waals surface area contributed by atoms with E-state index in [-0.39, 0.29) is 17.7 Å². The van der Waals surface area contributed by atoms with Crippen LogP contribution >= 0.6 is 0 Å². The molecule has 0 saturated heterocycles. The van der Waals surface area contributed by atoms with Crippen LogP contribution in [0.4, 0.5) is 0 Å². The molecule has 0 spiro atoms. The van der Waals surface area contributed by atoms with Crippen LogP contribution in [0.15, 0.2) is 91.1 Å². The Hall–Kier alpha value is -4.43. The van der Waals surface area contributed by atoms with Gasteiger partial charge in [-0.05, 0) is 54.3 Å². The minimum Gasteiger partial charge on any atom is -0.483 e. The Bertz CT molecular complexity index is 1330. The summed E-state index contributed by atoms with van der Waals surface area (Å²) in [4.78, 5) is 41.0. The van der Waals surface area contributed by atoms with Crippen LogP contribution in [0.1, 0.15) is 43.1 Å². The van der Waals surface area contributed by atoms with Gasteiger partial charge in [0.25, 0.3) is 0 Å². The summed E-state index contributed by atoms with van der Waals surface area (Å²) in [5.74, 6) is -0.826. The highest BCUT2D eigenvalue weighted by Gasteiger charge is 2.37. The van der Waals surface area contributed by atoms with E-state index in [9.17, 15) is 14.4 Å². The zero-order chi connectivity index (χ0) is 29.2. The molecule has 3 amide bonds. The van der Waals surface area contributed by atoms with Crippen LogP contribution < -0.4 is 26.0 Å². The lowest BCUT2D eigenvalue weighted by Crippen LogP contribution is -2.59. The fourth-order valence-electron chi connectivity index (χ4n) is 4.74. The molecule has 8 heteroatoms. The molecule has 0 saturated carbocycles. The molecule has 4 N–H and O–H groups in total. The summed E-state index contributed by atoms with van der Waals surface area (Å²) in [6.45, 7) is 3.87. The highest BCUT2D eigenvalue weighted by atomic mass is 16.5. The van der Waals surface area contributed by atoms with E-state index in [1.165, 1.54) is 0 Å². The lowest BCUT2D eigenvalue weighted by molar-refractivity contribution is -0.135. The van der Waals surface area contributed by atoms with Crippen LogP contribution in [-0.4, -0.2) is 42.9 Å². The number of carbonyl (C=O) groups excluding carboxylic acids is 3.